The molecule has 3 aliphatic rings. The fourth-order valence-electron chi connectivity index (χ4n) is 4.11. The maximum absolute atomic E-state index is 12.9. The molecule has 1 saturated heterocycles. The third-order valence-electron chi connectivity index (χ3n) is 5.86. The van der Waals surface area contributed by atoms with Gasteiger partial charge in [-0.15, -0.1) is 0 Å². The average Bonchev–Trinajstić information content (AvgIpc) is 3.50. The first-order chi connectivity index (χ1) is 14.0. The van der Waals surface area contributed by atoms with Crippen LogP contribution in [0, 0.1) is 0 Å². The maximum Gasteiger partial charge on any atom is 0.325 e. The molecule has 1 heterocycles. The lowest BCUT2D eigenvalue weighted by atomic mass is 9.90. The standard InChI is InChI=1S/C21H26N4O4/c26-17(23-16-8-4-3-7-15(16)18(27)22-14-9-10-14)13-25-19(28)21(24-20(25)29)11-5-1-2-6-12-21/h3-4,7-8,14H,1-2,5-6,9-13H2,(H,22,27)(H,23,26)(H,24,29). The summed E-state index contributed by atoms with van der Waals surface area (Å²) in [5.74, 6) is -1.07. The van der Waals surface area contributed by atoms with Gasteiger partial charge in [-0.05, 0) is 37.8 Å². The smallest absolute Gasteiger partial charge is 0.325 e. The number of hydrogen-bond donors (Lipinski definition) is 3. The molecule has 5 amide bonds. The van der Waals surface area contributed by atoms with Gasteiger partial charge >= 0.3 is 6.03 Å². The summed E-state index contributed by atoms with van der Waals surface area (Å²) in [6.45, 7) is -0.370. The molecule has 4 rings (SSSR count). The molecule has 8 nitrogen and oxygen atoms in total. The van der Waals surface area contributed by atoms with E-state index in [2.05, 4.69) is 16.0 Å². The minimum Gasteiger partial charge on any atom is -0.349 e. The second-order valence-corrected chi connectivity index (χ2v) is 8.16. The molecule has 0 bridgehead atoms. The van der Waals surface area contributed by atoms with E-state index in [1.165, 1.54) is 0 Å². The van der Waals surface area contributed by atoms with Crippen molar-refractivity contribution < 1.29 is 19.2 Å². The second kappa shape index (κ2) is 7.85. The quantitative estimate of drug-likeness (QED) is 0.661. The zero-order chi connectivity index (χ0) is 20.4. The molecule has 0 atom stereocenters. The molecule has 3 N–H and O–H groups in total. The lowest BCUT2D eigenvalue weighted by Crippen LogP contribution is -2.47. The molecule has 29 heavy (non-hydrogen) atoms. The van der Waals surface area contributed by atoms with E-state index in [0.29, 0.717) is 24.1 Å². The van der Waals surface area contributed by atoms with Crippen LogP contribution in [-0.4, -0.2) is 46.8 Å². The number of benzene rings is 1. The Morgan fingerprint density at radius 2 is 1.76 bits per heavy atom. The topological polar surface area (TPSA) is 108 Å². The third kappa shape index (κ3) is 4.11. The van der Waals surface area contributed by atoms with Crippen molar-refractivity contribution in [2.45, 2.75) is 62.9 Å². The van der Waals surface area contributed by atoms with Crippen LogP contribution in [0.3, 0.4) is 0 Å². The Hall–Kier alpha value is -2.90. The van der Waals surface area contributed by atoms with Crippen molar-refractivity contribution in [3.63, 3.8) is 0 Å². The van der Waals surface area contributed by atoms with E-state index in [1.807, 2.05) is 0 Å². The fraction of sp³-hybridized carbons (Fsp3) is 0.524. The second-order valence-electron chi connectivity index (χ2n) is 8.16. The van der Waals surface area contributed by atoms with Crippen molar-refractivity contribution in [2.24, 2.45) is 0 Å². The highest BCUT2D eigenvalue weighted by atomic mass is 16.2. The van der Waals surface area contributed by atoms with Gasteiger partial charge in [0.1, 0.15) is 12.1 Å². The number of carbonyl (C=O) groups excluding carboxylic acids is 4. The summed E-state index contributed by atoms with van der Waals surface area (Å²) in [4.78, 5) is 51.3. The molecule has 0 radical (unpaired) electrons. The number of imide groups is 1. The van der Waals surface area contributed by atoms with E-state index in [-0.39, 0.29) is 24.4 Å². The summed E-state index contributed by atoms with van der Waals surface area (Å²) < 4.78 is 0. The molecule has 1 aromatic carbocycles. The van der Waals surface area contributed by atoms with Gasteiger partial charge in [0, 0.05) is 6.04 Å². The molecule has 2 saturated carbocycles. The van der Waals surface area contributed by atoms with Crippen LogP contribution < -0.4 is 16.0 Å². The van der Waals surface area contributed by atoms with E-state index in [1.54, 1.807) is 24.3 Å². The van der Waals surface area contributed by atoms with Crippen molar-refractivity contribution in [3.8, 4) is 0 Å². The lowest BCUT2D eigenvalue weighted by molar-refractivity contribution is -0.134. The first-order valence-electron chi connectivity index (χ1n) is 10.3. The van der Waals surface area contributed by atoms with E-state index in [9.17, 15) is 19.2 Å². The summed E-state index contributed by atoms with van der Waals surface area (Å²) in [7, 11) is 0. The summed E-state index contributed by atoms with van der Waals surface area (Å²) in [6, 6.07) is 6.40. The number of rotatable bonds is 5. The normalized spacial score (nSPS) is 20.9. The van der Waals surface area contributed by atoms with Gasteiger partial charge in [-0.1, -0.05) is 37.8 Å². The van der Waals surface area contributed by atoms with Crippen molar-refractivity contribution in [1.82, 2.24) is 15.5 Å². The SMILES string of the molecule is O=C(CN1C(=O)NC2(CCCCCC2)C1=O)Nc1ccccc1C(=O)NC1CC1. The summed E-state index contributed by atoms with van der Waals surface area (Å²) >= 11 is 0. The number of nitrogens with zero attached hydrogens (tertiary/aromatic N) is 1. The van der Waals surface area contributed by atoms with E-state index in [4.69, 9.17) is 0 Å². The average molecular weight is 398 g/mol. The van der Waals surface area contributed by atoms with Crippen LogP contribution in [0.5, 0.6) is 0 Å². The number of para-hydroxylation sites is 1. The zero-order valence-corrected chi connectivity index (χ0v) is 16.3. The number of urea groups is 1. The highest BCUT2D eigenvalue weighted by Crippen LogP contribution is 2.32. The van der Waals surface area contributed by atoms with Gasteiger partial charge in [0.15, 0.2) is 0 Å². The van der Waals surface area contributed by atoms with Crippen molar-refractivity contribution in [2.75, 3.05) is 11.9 Å². The van der Waals surface area contributed by atoms with Gasteiger partial charge in [0.05, 0.1) is 11.3 Å². The lowest BCUT2D eigenvalue weighted by Gasteiger charge is -2.24. The van der Waals surface area contributed by atoms with Crippen LogP contribution in [0.4, 0.5) is 10.5 Å². The fourth-order valence-corrected chi connectivity index (χ4v) is 4.11. The predicted molar refractivity (Wildman–Crippen MR) is 106 cm³/mol. The van der Waals surface area contributed by atoms with E-state index >= 15 is 0 Å². The molecular formula is C21H26N4O4. The van der Waals surface area contributed by atoms with Crippen molar-refractivity contribution in [1.29, 1.82) is 0 Å². The van der Waals surface area contributed by atoms with Gasteiger partial charge in [-0.3, -0.25) is 19.3 Å². The van der Waals surface area contributed by atoms with Crippen LogP contribution in [0.1, 0.15) is 61.7 Å². The first-order valence-corrected chi connectivity index (χ1v) is 10.3. The van der Waals surface area contributed by atoms with Gasteiger partial charge in [-0.25, -0.2) is 4.79 Å². The number of anilines is 1. The molecule has 0 unspecified atom stereocenters. The Balaban J connectivity index is 1.43. The molecule has 1 aliphatic heterocycles. The zero-order valence-electron chi connectivity index (χ0n) is 16.3. The molecule has 1 spiro atoms. The first kappa shape index (κ1) is 19.4. The summed E-state index contributed by atoms with van der Waals surface area (Å²) in [5.41, 5.74) is -0.132. The number of carbonyl (C=O) groups is 4. The monoisotopic (exact) mass is 398 g/mol. The number of amides is 5. The Morgan fingerprint density at radius 3 is 2.45 bits per heavy atom. The van der Waals surface area contributed by atoms with Crippen LogP contribution in [0.15, 0.2) is 24.3 Å². The molecule has 3 fully saturated rings. The third-order valence-corrected chi connectivity index (χ3v) is 5.86. The molecule has 1 aromatic rings. The predicted octanol–water partition coefficient (Wildman–Crippen LogP) is 2.16. The van der Waals surface area contributed by atoms with Crippen LogP contribution in [0.25, 0.3) is 0 Å². The maximum atomic E-state index is 12.9. The van der Waals surface area contributed by atoms with Crippen LogP contribution in [0.2, 0.25) is 0 Å². The van der Waals surface area contributed by atoms with Gasteiger partial charge < -0.3 is 16.0 Å². The van der Waals surface area contributed by atoms with Crippen molar-refractivity contribution >= 4 is 29.4 Å². The van der Waals surface area contributed by atoms with E-state index < -0.39 is 17.5 Å². The van der Waals surface area contributed by atoms with Crippen LogP contribution in [-0.2, 0) is 9.59 Å². The minimum atomic E-state index is -0.865. The highest BCUT2D eigenvalue weighted by Gasteiger charge is 2.51. The number of nitrogens with one attached hydrogen (secondary N) is 3. The Kier molecular flexibility index (Phi) is 5.25. The van der Waals surface area contributed by atoms with E-state index in [0.717, 1.165) is 43.4 Å². The van der Waals surface area contributed by atoms with Gasteiger partial charge in [0.25, 0.3) is 11.8 Å². The minimum absolute atomic E-state index is 0.202. The molecule has 2 aliphatic carbocycles. The molecule has 0 aromatic heterocycles. The van der Waals surface area contributed by atoms with Crippen molar-refractivity contribution in [3.05, 3.63) is 29.8 Å². The summed E-state index contributed by atoms with van der Waals surface area (Å²) in [5, 5.41) is 8.41. The summed E-state index contributed by atoms with van der Waals surface area (Å²) in [6.07, 6.45) is 7.02. The largest absolute Gasteiger partial charge is 0.349 e. The Morgan fingerprint density at radius 1 is 1.07 bits per heavy atom. The molecule has 8 heteroatoms. The highest BCUT2D eigenvalue weighted by molar-refractivity contribution is 6.11. The van der Waals surface area contributed by atoms with Crippen LogP contribution >= 0.6 is 0 Å². The van der Waals surface area contributed by atoms with Gasteiger partial charge in [-0.2, -0.15) is 0 Å². The Labute approximate surface area is 169 Å². The van der Waals surface area contributed by atoms with Gasteiger partial charge in [0.2, 0.25) is 5.91 Å². The molecular weight excluding hydrogens is 372 g/mol. The molecule has 154 valence electrons. The number of hydrogen-bond acceptors (Lipinski definition) is 4. The Bertz CT molecular complexity index is 841.